The number of carboxylic acid groups (broad SMARTS) is 1. The van der Waals surface area contributed by atoms with Gasteiger partial charge in [0.1, 0.15) is 18.2 Å². The summed E-state index contributed by atoms with van der Waals surface area (Å²) in [5, 5.41) is 17.2. The Bertz CT molecular complexity index is 1820. The summed E-state index contributed by atoms with van der Waals surface area (Å²) < 4.78 is 13.5. The van der Waals surface area contributed by atoms with Crippen LogP contribution in [0.25, 0.3) is 32.8 Å². The maximum absolute atomic E-state index is 12.2. The van der Waals surface area contributed by atoms with E-state index >= 15 is 0 Å². The van der Waals surface area contributed by atoms with Crippen molar-refractivity contribution < 1.29 is 24.2 Å². The smallest absolute Gasteiger partial charge is 0.317 e. The van der Waals surface area contributed by atoms with Crippen LogP contribution < -0.4 is 10.5 Å². The first-order chi connectivity index (χ1) is 20.9. The van der Waals surface area contributed by atoms with Gasteiger partial charge in [0.05, 0.1) is 36.8 Å². The second kappa shape index (κ2) is 12.1. The summed E-state index contributed by atoms with van der Waals surface area (Å²) in [5.41, 5.74) is 10.6. The summed E-state index contributed by atoms with van der Waals surface area (Å²) in [6.45, 7) is 3.56. The number of carboxylic acids is 1. The minimum absolute atomic E-state index is 0.00452. The maximum atomic E-state index is 12.2. The molecule has 0 aliphatic carbocycles. The SMILES string of the molecule is CCOC(=O)Cc1ccccc1OCc1c2cc(-c3ccc4ccnc(N)c4c3)ccc2nn1[C@H]1CCN(CC(=O)O)C1. The molecule has 43 heavy (non-hydrogen) atoms. The predicted octanol–water partition coefficient (Wildman–Crippen LogP) is 4.85. The molecule has 5 aromatic rings. The molecular weight excluding hydrogens is 546 g/mol. The average Bonchev–Trinajstić information content (AvgIpc) is 3.60. The van der Waals surface area contributed by atoms with Crippen LogP contribution >= 0.6 is 0 Å². The van der Waals surface area contributed by atoms with Crippen LogP contribution in [0.1, 0.15) is 30.6 Å². The number of aliphatic carboxylic acids is 1. The number of pyridine rings is 1. The third-order valence-electron chi connectivity index (χ3n) is 7.86. The molecule has 0 spiro atoms. The van der Waals surface area contributed by atoms with E-state index in [4.69, 9.17) is 20.3 Å². The number of carbonyl (C=O) groups is 2. The fourth-order valence-corrected chi connectivity index (χ4v) is 5.80. The summed E-state index contributed by atoms with van der Waals surface area (Å²) in [6.07, 6.45) is 2.59. The second-order valence-electron chi connectivity index (χ2n) is 10.7. The minimum Gasteiger partial charge on any atom is -0.487 e. The number of aromatic nitrogens is 3. The van der Waals surface area contributed by atoms with Gasteiger partial charge in [0.15, 0.2) is 0 Å². The van der Waals surface area contributed by atoms with Crippen LogP contribution in [0.5, 0.6) is 5.75 Å². The molecule has 3 aromatic carbocycles. The first-order valence-electron chi connectivity index (χ1n) is 14.4. The molecule has 1 saturated heterocycles. The first kappa shape index (κ1) is 28.2. The number of nitrogen functional groups attached to an aromatic ring is 1. The highest BCUT2D eigenvalue weighted by molar-refractivity contribution is 5.95. The zero-order valence-electron chi connectivity index (χ0n) is 23.9. The van der Waals surface area contributed by atoms with Gasteiger partial charge in [-0.2, -0.15) is 5.10 Å². The molecule has 0 unspecified atom stereocenters. The van der Waals surface area contributed by atoms with E-state index in [-0.39, 0.29) is 31.6 Å². The fourth-order valence-electron chi connectivity index (χ4n) is 5.80. The van der Waals surface area contributed by atoms with E-state index in [1.807, 2.05) is 64.2 Å². The number of benzene rings is 3. The topological polar surface area (TPSA) is 133 Å². The van der Waals surface area contributed by atoms with Crippen molar-refractivity contribution in [3.05, 3.63) is 84.2 Å². The van der Waals surface area contributed by atoms with E-state index in [1.165, 1.54) is 0 Å². The van der Waals surface area contributed by atoms with Crippen LogP contribution in [-0.4, -0.2) is 63.0 Å². The van der Waals surface area contributed by atoms with Gasteiger partial charge >= 0.3 is 11.9 Å². The first-order valence-corrected chi connectivity index (χ1v) is 14.4. The fraction of sp³-hybridized carbons (Fsp3) is 0.273. The highest BCUT2D eigenvalue weighted by Crippen LogP contribution is 2.33. The lowest BCUT2D eigenvalue weighted by Crippen LogP contribution is -2.28. The number of nitrogens with two attached hydrogens (primary N) is 1. The van der Waals surface area contributed by atoms with Crippen molar-refractivity contribution in [2.75, 3.05) is 32.0 Å². The number of ether oxygens (including phenoxy) is 2. The van der Waals surface area contributed by atoms with Crippen molar-refractivity contribution >= 4 is 39.4 Å². The number of hydrogen-bond acceptors (Lipinski definition) is 8. The largest absolute Gasteiger partial charge is 0.487 e. The summed E-state index contributed by atoms with van der Waals surface area (Å²) >= 11 is 0. The summed E-state index contributed by atoms with van der Waals surface area (Å²) in [4.78, 5) is 29.8. The van der Waals surface area contributed by atoms with E-state index in [9.17, 15) is 14.7 Å². The second-order valence-corrected chi connectivity index (χ2v) is 10.7. The normalized spacial score (nSPS) is 15.2. The highest BCUT2D eigenvalue weighted by atomic mass is 16.5. The van der Waals surface area contributed by atoms with Crippen molar-refractivity contribution in [1.82, 2.24) is 19.7 Å². The molecule has 1 fully saturated rings. The van der Waals surface area contributed by atoms with Crippen molar-refractivity contribution in [2.24, 2.45) is 0 Å². The van der Waals surface area contributed by atoms with Crippen LogP contribution in [0.4, 0.5) is 5.82 Å². The molecule has 2 aromatic heterocycles. The number of likely N-dealkylation sites (tertiary alicyclic amines) is 1. The molecule has 220 valence electrons. The summed E-state index contributed by atoms with van der Waals surface area (Å²) in [7, 11) is 0. The zero-order chi connectivity index (χ0) is 29.9. The lowest BCUT2D eigenvalue weighted by atomic mass is 10.00. The van der Waals surface area contributed by atoms with Gasteiger partial charge in [-0.25, -0.2) is 4.98 Å². The van der Waals surface area contributed by atoms with Gasteiger partial charge in [0, 0.05) is 35.6 Å². The van der Waals surface area contributed by atoms with Crippen LogP contribution in [0.2, 0.25) is 0 Å². The molecular formula is C33H33N5O5. The Morgan fingerprint density at radius 1 is 1.05 bits per heavy atom. The number of rotatable bonds is 10. The van der Waals surface area contributed by atoms with Crippen molar-refractivity contribution in [1.29, 1.82) is 0 Å². The molecule has 1 atom stereocenters. The Balaban J connectivity index is 1.38. The van der Waals surface area contributed by atoms with E-state index in [2.05, 4.69) is 17.1 Å². The maximum Gasteiger partial charge on any atom is 0.317 e. The van der Waals surface area contributed by atoms with Gasteiger partial charge < -0.3 is 20.3 Å². The van der Waals surface area contributed by atoms with Crippen LogP contribution in [0.15, 0.2) is 72.9 Å². The molecule has 6 rings (SSSR count). The Kier molecular flexibility index (Phi) is 7.93. The molecule has 10 heteroatoms. The minimum atomic E-state index is -0.844. The Morgan fingerprint density at radius 3 is 2.65 bits per heavy atom. The Hall–Kier alpha value is -4.96. The lowest BCUT2D eigenvalue weighted by Gasteiger charge is -2.17. The van der Waals surface area contributed by atoms with Gasteiger partial charge in [-0.1, -0.05) is 36.4 Å². The number of hydrogen-bond donors (Lipinski definition) is 2. The number of esters is 1. The number of anilines is 1. The van der Waals surface area contributed by atoms with Gasteiger partial charge in [-0.15, -0.1) is 0 Å². The summed E-state index contributed by atoms with van der Waals surface area (Å²) in [5.74, 6) is -0.0710. The van der Waals surface area contributed by atoms with Crippen molar-refractivity contribution in [3.8, 4) is 16.9 Å². The third-order valence-corrected chi connectivity index (χ3v) is 7.86. The lowest BCUT2D eigenvalue weighted by molar-refractivity contribution is -0.142. The molecule has 1 aliphatic heterocycles. The number of fused-ring (bicyclic) bond motifs is 2. The van der Waals surface area contributed by atoms with E-state index in [0.29, 0.717) is 31.3 Å². The third kappa shape index (κ3) is 6.00. The Labute approximate surface area is 248 Å². The van der Waals surface area contributed by atoms with Gasteiger partial charge in [-0.3, -0.25) is 19.2 Å². The molecule has 0 amide bonds. The highest BCUT2D eigenvalue weighted by Gasteiger charge is 2.29. The standard InChI is InChI=1S/C33H33N5O5/c1-2-42-32(41)17-24-5-3-4-6-30(24)43-20-29-27-16-23(22-8-7-21-11-13-35-33(34)26(21)15-22)9-10-28(27)36-38(29)25-12-14-37(18-25)19-31(39)40/h3-11,13,15-16,25H,2,12,14,17-20H2,1H3,(H2,34,35)(H,39,40)/t25-/m0/s1. The van der Waals surface area contributed by atoms with Crippen LogP contribution in [-0.2, 0) is 27.4 Å². The molecule has 0 bridgehead atoms. The molecule has 0 saturated carbocycles. The molecule has 3 heterocycles. The quantitative estimate of drug-likeness (QED) is 0.223. The van der Waals surface area contributed by atoms with Gasteiger partial charge in [0.25, 0.3) is 0 Å². The molecule has 10 nitrogen and oxygen atoms in total. The van der Waals surface area contributed by atoms with Crippen molar-refractivity contribution in [3.63, 3.8) is 0 Å². The Morgan fingerprint density at radius 2 is 1.84 bits per heavy atom. The number of nitrogens with zero attached hydrogens (tertiary/aromatic N) is 4. The predicted molar refractivity (Wildman–Crippen MR) is 164 cm³/mol. The van der Waals surface area contributed by atoms with Crippen LogP contribution in [0, 0.1) is 0 Å². The molecule has 1 aliphatic rings. The molecule has 3 N–H and O–H groups in total. The van der Waals surface area contributed by atoms with Crippen LogP contribution in [0.3, 0.4) is 0 Å². The molecule has 0 radical (unpaired) electrons. The summed E-state index contributed by atoms with van der Waals surface area (Å²) in [6, 6.07) is 21.7. The number of carbonyl (C=O) groups excluding carboxylic acids is 1. The van der Waals surface area contributed by atoms with E-state index in [0.717, 1.165) is 50.5 Å². The van der Waals surface area contributed by atoms with Crippen molar-refractivity contribution in [2.45, 2.75) is 32.4 Å². The van der Waals surface area contributed by atoms with Gasteiger partial charge in [0.2, 0.25) is 0 Å². The zero-order valence-corrected chi connectivity index (χ0v) is 23.9. The van der Waals surface area contributed by atoms with E-state index < -0.39 is 5.97 Å². The monoisotopic (exact) mass is 579 g/mol. The number of para-hydroxylation sites is 1. The van der Waals surface area contributed by atoms with Gasteiger partial charge in [-0.05, 0) is 60.2 Å². The van der Waals surface area contributed by atoms with E-state index in [1.54, 1.807) is 13.1 Å². The average molecular weight is 580 g/mol.